The summed E-state index contributed by atoms with van der Waals surface area (Å²) < 4.78 is 20.5. The van der Waals surface area contributed by atoms with Crippen LogP contribution in [0.25, 0.3) is 17.2 Å². The molecule has 0 amide bonds. The van der Waals surface area contributed by atoms with Gasteiger partial charge >= 0.3 is 5.97 Å². The van der Waals surface area contributed by atoms with Crippen molar-refractivity contribution in [3.8, 4) is 11.5 Å². The maximum absolute atomic E-state index is 13.6. The van der Waals surface area contributed by atoms with E-state index in [1.807, 2.05) is 27.7 Å². The van der Waals surface area contributed by atoms with Crippen molar-refractivity contribution < 1.29 is 13.9 Å². The first kappa shape index (κ1) is 19.5. The number of esters is 1. The van der Waals surface area contributed by atoms with Crippen molar-refractivity contribution in [2.45, 2.75) is 45.8 Å². The first-order valence-electron chi connectivity index (χ1n) is 8.86. The first-order valence-corrected chi connectivity index (χ1v) is 8.86. The van der Waals surface area contributed by atoms with E-state index in [-0.39, 0.29) is 18.4 Å². The van der Waals surface area contributed by atoms with Crippen molar-refractivity contribution >= 4 is 23.1 Å². The second-order valence-electron chi connectivity index (χ2n) is 7.55. The van der Waals surface area contributed by atoms with Crippen LogP contribution in [-0.2, 0) is 9.53 Å². The highest BCUT2D eigenvalue weighted by molar-refractivity contribution is 5.72. The number of halogens is 1. The molecule has 0 aliphatic heterocycles. The fourth-order valence-corrected chi connectivity index (χ4v) is 2.67. The van der Waals surface area contributed by atoms with E-state index in [4.69, 9.17) is 10.5 Å². The molecule has 148 valence electrons. The predicted molar refractivity (Wildman–Crippen MR) is 104 cm³/mol. The van der Waals surface area contributed by atoms with Gasteiger partial charge in [0.2, 0.25) is 0 Å². The number of nitrogen functional groups attached to an aromatic ring is 1. The molecule has 3 N–H and O–H groups in total. The Balaban J connectivity index is 1.81. The Labute approximate surface area is 162 Å². The molecule has 1 atom stereocenters. The lowest BCUT2D eigenvalue weighted by atomic mass is 10.2. The average molecular weight is 386 g/mol. The van der Waals surface area contributed by atoms with Crippen molar-refractivity contribution in [2.24, 2.45) is 0 Å². The van der Waals surface area contributed by atoms with Gasteiger partial charge in [0, 0.05) is 12.2 Å². The fourth-order valence-electron chi connectivity index (χ4n) is 2.67. The molecule has 9 heteroatoms. The Morgan fingerprint density at radius 2 is 2.07 bits per heavy atom. The lowest BCUT2D eigenvalue weighted by Gasteiger charge is -2.21. The molecule has 0 aliphatic carbocycles. The maximum atomic E-state index is 13.6. The van der Waals surface area contributed by atoms with E-state index >= 15 is 0 Å². The number of aromatic nitrogens is 4. The predicted octanol–water partition coefficient (Wildman–Crippen LogP) is 3.04. The summed E-state index contributed by atoms with van der Waals surface area (Å²) in [6.07, 6.45) is 4.49. The number of nitrogens with one attached hydrogen (secondary N) is 1. The summed E-state index contributed by atoms with van der Waals surface area (Å²) in [7, 11) is 0. The van der Waals surface area contributed by atoms with Gasteiger partial charge in [-0.1, -0.05) is 0 Å². The first-order chi connectivity index (χ1) is 13.1. The van der Waals surface area contributed by atoms with Gasteiger partial charge in [-0.25, -0.2) is 19.3 Å². The van der Waals surface area contributed by atoms with Crippen molar-refractivity contribution in [3.05, 3.63) is 36.5 Å². The number of rotatable bonds is 5. The van der Waals surface area contributed by atoms with E-state index in [1.165, 1.54) is 18.5 Å². The summed E-state index contributed by atoms with van der Waals surface area (Å²) in [5.74, 6) is -0.00387. The summed E-state index contributed by atoms with van der Waals surface area (Å²) >= 11 is 0. The van der Waals surface area contributed by atoms with E-state index in [9.17, 15) is 9.18 Å². The molecule has 8 nitrogen and oxygen atoms in total. The van der Waals surface area contributed by atoms with Crippen LogP contribution in [-0.4, -0.2) is 37.0 Å². The molecule has 0 saturated carbocycles. The molecule has 0 fully saturated rings. The number of carbonyl (C=O) groups is 1. The number of pyridine rings is 1. The van der Waals surface area contributed by atoms with Crippen LogP contribution in [0.1, 0.15) is 34.1 Å². The zero-order valence-corrected chi connectivity index (χ0v) is 16.2. The third-order valence-electron chi connectivity index (χ3n) is 3.79. The van der Waals surface area contributed by atoms with Gasteiger partial charge in [-0.15, -0.1) is 0 Å². The summed E-state index contributed by atoms with van der Waals surface area (Å²) in [5, 5.41) is 3.11. The van der Waals surface area contributed by atoms with Gasteiger partial charge < -0.3 is 15.8 Å². The van der Waals surface area contributed by atoms with Crippen LogP contribution in [0.15, 0.2) is 30.7 Å². The topological polar surface area (TPSA) is 107 Å². The van der Waals surface area contributed by atoms with Crippen LogP contribution in [0.3, 0.4) is 0 Å². The number of fused-ring (bicyclic) bond motifs is 1. The Morgan fingerprint density at radius 3 is 2.79 bits per heavy atom. The summed E-state index contributed by atoms with van der Waals surface area (Å²) in [4.78, 5) is 24.9. The molecule has 3 heterocycles. The second kappa shape index (κ2) is 7.41. The van der Waals surface area contributed by atoms with Crippen LogP contribution in [0.4, 0.5) is 15.9 Å². The van der Waals surface area contributed by atoms with Gasteiger partial charge in [0.05, 0.1) is 24.5 Å². The number of hydrogen-bond donors (Lipinski definition) is 2. The number of anilines is 2. The quantitative estimate of drug-likeness (QED) is 0.649. The highest BCUT2D eigenvalue weighted by Gasteiger charge is 2.19. The lowest BCUT2D eigenvalue weighted by molar-refractivity contribution is -0.154. The van der Waals surface area contributed by atoms with Gasteiger partial charge in [0.25, 0.3) is 0 Å². The minimum Gasteiger partial charge on any atom is -0.460 e. The standard InChI is InChI=1S/C19H23FN6O2/c1-11(7-16(27)28-19(2,3)4)24-17-13(21)8-23-18(25-17)14-9-22-15-6-5-12(20)10-26(14)15/h5-6,8-11H,7,21H2,1-4H3,(H,23,24,25). The van der Waals surface area contributed by atoms with Gasteiger partial charge in [-0.3, -0.25) is 9.20 Å². The Kier molecular flexibility index (Phi) is 5.17. The summed E-state index contributed by atoms with van der Waals surface area (Å²) in [5.41, 5.74) is 6.86. The molecular formula is C19H23FN6O2. The number of nitrogens with two attached hydrogens (primary N) is 1. The minimum atomic E-state index is -0.545. The molecule has 0 aromatic carbocycles. The van der Waals surface area contributed by atoms with E-state index < -0.39 is 11.4 Å². The maximum Gasteiger partial charge on any atom is 0.308 e. The molecular weight excluding hydrogens is 363 g/mol. The highest BCUT2D eigenvalue weighted by Crippen LogP contribution is 2.23. The van der Waals surface area contributed by atoms with Crippen LogP contribution < -0.4 is 11.1 Å². The van der Waals surface area contributed by atoms with Gasteiger partial charge in [-0.2, -0.15) is 0 Å². The molecule has 0 saturated heterocycles. The zero-order chi connectivity index (χ0) is 20.5. The normalized spacial score (nSPS) is 12.8. The number of hydrogen-bond acceptors (Lipinski definition) is 7. The molecule has 28 heavy (non-hydrogen) atoms. The Bertz CT molecular complexity index is 1010. The molecule has 0 aliphatic rings. The number of carbonyl (C=O) groups excluding carboxylic acids is 1. The van der Waals surface area contributed by atoms with Gasteiger partial charge in [0.15, 0.2) is 11.6 Å². The zero-order valence-electron chi connectivity index (χ0n) is 16.2. The molecule has 1 unspecified atom stereocenters. The summed E-state index contributed by atoms with van der Waals surface area (Å²) in [6.45, 7) is 7.28. The fraction of sp³-hybridized carbons (Fsp3) is 0.368. The minimum absolute atomic E-state index is 0.150. The molecule has 0 spiro atoms. The Hall–Kier alpha value is -3.23. The van der Waals surface area contributed by atoms with E-state index in [1.54, 1.807) is 16.7 Å². The van der Waals surface area contributed by atoms with Crippen molar-refractivity contribution in [1.29, 1.82) is 0 Å². The molecule has 3 aromatic rings. The monoisotopic (exact) mass is 386 g/mol. The highest BCUT2D eigenvalue weighted by atomic mass is 19.1. The SMILES string of the molecule is CC(CC(=O)OC(C)(C)C)Nc1nc(-c2cnc3ccc(F)cn23)ncc1N. The van der Waals surface area contributed by atoms with Crippen molar-refractivity contribution in [1.82, 2.24) is 19.4 Å². The van der Waals surface area contributed by atoms with Crippen LogP contribution >= 0.6 is 0 Å². The molecule has 0 bridgehead atoms. The number of ether oxygens (including phenoxy) is 1. The molecule has 0 radical (unpaired) electrons. The second-order valence-corrected chi connectivity index (χ2v) is 7.55. The van der Waals surface area contributed by atoms with Crippen LogP contribution in [0.5, 0.6) is 0 Å². The Morgan fingerprint density at radius 1 is 1.32 bits per heavy atom. The smallest absolute Gasteiger partial charge is 0.308 e. The van der Waals surface area contributed by atoms with Crippen LogP contribution in [0, 0.1) is 5.82 Å². The van der Waals surface area contributed by atoms with Gasteiger partial charge in [0.1, 0.15) is 22.8 Å². The van der Waals surface area contributed by atoms with E-state index in [2.05, 4.69) is 20.3 Å². The number of nitrogens with zero attached hydrogens (tertiary/aromatic N) is 4. The van der Waals surface area contributed by atoms with E-state index in [0.717, 1.165) is 0 Å². The lowest BCUT2D eigenvalue weighted by Crippen LogP contribution is -2.28. The molecule has 3 rings (SSSR count). The largest absolute Gasteiger partial charge is 0.460 e. The van der Waals surface area contributed by atoms with Crippen molar-refractivity contribution in [3.63, 3.8) is 0 Å². The molecule has 3 aromatic heterocycles. The van der Waals surface area contributed by atoms with Crippen molar-refractivity contribution in [2.75, 3.05) is 11.1 Å². The third-order valence-corrected chi connectivity index (χ3v) is 3.79. The van der Waals surface area contributed by atoms with E-state index in [0.29, 0.717) is 28.7 Å². The van der Waals surface area contributed by atoms with Crippen LogP contribution in [0.2, 0.25) is 0 Å². The van der Waals surface area contributed by atoms with Gasteiger partial charge in [-0.05, 0) is 39.8 Å². The third kappa shape index (κ3) is 4.54. The summed E-state index contributed by atoms with van der Waals surface area (Å²) in [6, 6.07) is 2.64. The number of imidazole rings is 1. The average Bonchev–Trinajstić information content (AvgIpc) is 2.98.